The van der Waals surface area contributed by atoms with Crippen molar-refractivity contribution in [1.29, 1.82) is 0 Å². The standard InChI is InChI=1S/C31H41N5/c1-9-22-15-24(11-3)28(25(12-4)16-22)34-20(7)30-32-19-33-31(36-30)21(8)35-29-26(13-5)17-23(10-2)18-27(29)14-6/h15-19H,9-14H2,1-8H3. The minimum atomic E-state index is 0.589. The molecule has 0 bridgehead atoms. The van der Waals surface area contributed by atoms with Crippen LogP contribution in [0.3, 0.4) is 0 Å². The lowest BCUT2D eigenvalue weighted by molar-refractivity contribution is 0.995. The number of rotatable bonds is 10. The molecule has 1 aromatic heterocycles. The molecule has 0 aliphatic heterocycles. The summed E-state index contributed by atoms with van der Waals surface area (Å²) in [5, 5.41) is 0. The van der Waals surface area contributed by atoms with Gasteiger partial charge in [-0.25, -0.2) is 24.9 Å². The summed E-state index contributed by atoms with van der Waals surface area (Å²) in [6.07, 6.45) is 7.39. The fraction of sp³-hybridized carbons (Fsp3) is 0.452. The molecule has 3 rings (SSSR count). The van der Waals surface area contributed by atoms with Crippen molar-refractivity contribution < 1.29 is 0 Å². The quantitative estimate of drug-likeness (QED) is 0.280. The van der Waals surface area contributed by atoms with Crippen molar-refractivity contribution in [1.82, 2.24) is 15.0 Å². The molecule has 0 aliphatic rings. The number of benzene rings is 2. The largest absolute Gasteiger partial charge is 0.249 e. The van der Waals surface area contributed by atoms with Crippen LogP contribution < -0.4 is 0 Å². The van der Waals surface area contributed by atoms with E-state index in [1.54, 1.807) is 6.33 Å². The molecule has 1 heterocycles. The van der Waals surface area contributed by atoms with E-state index in [-0.39, 0.29) is 0 Å². The van der Waals surface area contributed by atoms with E-state index < -0.39 is 0 Å². The number of aromatic nitrogens is 3. The van der Waals surface area contributed by atoms with Crippen molar-refractivity contribution in [2.45, 2.75) is 93.9 Å². The topological polar surface area (TPSA) is 63.4 Å². The Hall–Kier alpha value is -3.21. The first-order chi connectivity index (χ1) is 17.4. The number of hydrogen-bond donors (Lipinski definition) is 0. The van der Waals surface area contributed by atoms with E-state index in [0.29, 0.717) is 11.6 Å². The van der Waals surface area contributed by atoms with E-state index in [2.05, 4.69) is 75.8 Å². The van der Waals surface area contributed by atoms with Crippen LogP contribution in [-0.4, -0.2) is 26.4 Å². The molecule has 0 radical (unpaired) electrons. The van der Waals surface area contributed by atoms with Crippen molar-refractivity contribution in [3.63, 3.8) is 0 Å². The van der Waals surface area contributed by atoms with Crippen LogP contribution in [0, 0.1) is 0 Å². The van der Waals surface area contributed by atoms with E-state index in [1.165, 1.54) is 33.4 Å². The molecule has 36 heavy (non-hydrogen) atoms. The third-order valence-corrected chi connectivity index (χ3v) is 6.77. The summed E-state index contributed by atoms with van der Waals surface area (Å²) in [5.41, 5.74) is 11.5. The predicted molar refractivity (Wildman–Crippen MR) is 153 cm³/mol. The van der Waals surface area contributed by atoms with Gasteiger partial charge in [-0.3, -0.25) is 0 Å². The Bertz CT molecular complexity index is 1120. The van der Waals surface area contributed by atoms with E-state index >= 15 is 0 Å². The molecule has 0 aliphatic carbocycles. The smallest absolute Gasteiger partial charge is 0.177 e. The molecule has 0 unspecified atom stereocenters. The van der Waals surface area contributed by atoms with Crippen molar-refractivity contribution in [3.05, 3.63) is 75.6 Å². The Morgan fingerprint density at radius 1 is 0.556 bits per heavy atom. The van der Waals surface area contributed by atoms with Crippen LogP contribution in [-0.2, 0) is 38.5 Å². The van der Waals surface area contributed by atoms with Crippen LogP contribution in [0.1, 0.15) is 100 Å². The van der Waals surface area contributed by atoms with Gasteiger partial charge in [0.1, 0.15) is 6.33 Å². The number of aliphatic imine (C=N–C) groups is 2. The lowest BCUT2D eigenvalue weighted by Gasteiger charge is -2.13. The van der Waals surface area contributed by atoms with Crippen LogP contribution >= 0.6 is 0 Å². The second-order valence-electron chi connectivity index (χ2n) is 9.17. The van der Waals surface area contributed by atoms with Crippen LogP contribution in [0.25, 0.3) is 0 Å². The van der Waals surface area contributed by atoms with Gasteiger partial charge in [-0.05, 0) is 85.8 Å². The van der Waals surface area contributed by atoms with Gasteiger partial charge in [-0.1, -0.05) is 65.8 Å². The lowest BCUT2D eigenvalue weighted by Crippen LogP contribution is -2.11. The molecule has 0 saturated carbocycles. The highest BCUT2D eigenvalue weighted by molar-refractivity contribution is 6.00. The van der Waals surface area contributed by atoms with Crippen molar-refractivity contribution in [2.24, 2.45) is 9.98 Å². The Kier molecular flexibility index (Phi) is 9.63. The fourth-order valence-electron chi connectivity index (χ4n) is 4.52. The molecule has 0 saturated heterocycles. The zero-order chi connectivity index (χ0) is 26.2. The minimum absolute atomic E-state index is 0.589. The summed E-state index contributed by atoms with van der Waals surface area (Å²) in [6.45, 7) is 17.1. The molecule has 3 aromatic rings. The first-order valence-corrected chi connectivity index (χ1v) is 13.5. The summed E-state index contributed by atoms with van der Waals surface area (Å²) in [6, 6.07) is 9.12. The molecule has 0 amide bonds. The van der Waals surface area contributed by atoms with E-state index in [4.69, 9.17) is 15.0 Å². The lowest BCUT2D eigenvalue weighted by atomic mass is 9.98. The zero-order valence-corrected chi connectivity index (χ0v) is 23.4. The maximum absolute atomic E-state index is 5.03. The Labute approximate surface area is 217 Å². The van der Waals surface area contributed by atoms with Gasteiger partial charge in [0.05, 0.1) is 22.8 Å². The molecular weight excluding hydrogens is 442 g/mol. The van der Waals surface area contributed by atoms with Gasteiger partial charge in [0.15, 0.2) is 11.6 Å². The monoisotopic (exact) mass is 483 g/mol. The average Bonchev–Trinajstić information content (AvgIpc) is 2.92. The van der Waals surface area contributed by atoms with Gasteiger partial charge in [-0.2, -0.15) is 0 Å². The van der Waals surface area contributed by atoms with E-state index in [9.17, 15) is 0 Å². The first-order valence-electron chi connectivity index (χ1n) is 13.5. The highest BCUT2D eigenvalue weighted by Crippen LogP contribution is 2.30. The molecule has 5 nitrogen and oxygen atoms in total. The van der Waals surface area contributed by atoms with Crippen LogP contribution in [0.2, 0.25) is 0 Å². The number of nitrogens with zero attached hydrogens (tertiary/aromatic N) is 5. The summed E-state index contributed by atoms with van der Waals surface area (Å²) in [5.74, 6) is 1.18. The summed E-state index contributed by atoms with van der Waals surface area (Å²) < 4.78 is 0. The molecule has 0 atom stereocenters. The van der Waals surface area contributed by atoms with Gasteiger partial charge in [0.2, 0.25) is 0 Å². The van der Waals surface area contributed by atoms with Crippen LogP contribution in [0.4, 0.5) is 11.4 Å². The maximum Gasteiger partial charge on any atom is 0.177 e. The summed E-state index contributed by atoms with van der Waals surface area (Å²) >= 11 is 0. The summed E-state index contributed by atoms with van der Waals surface area (Å²) in [4.78, 5) is 23.7. The van der Waals surface area contributed by atoms with E-state index in [0.717, 1.165) is 61.3 Å². The van der Waals surface area contributed by atoms with Gasteiger partial charge in [-0.15, -0.1) is 0 Å². The van der Waals surface area contributed by atoms with Crippen LogP contribution in [0.5, 0.6) is 0 Å². The van der Waals surface area contributed by atoms with Gasteiger partial charge in [0.25, 0.3) is 0 Å². The summed E-state index contributed by atoms with van der Waals surface area (Å²) in [7, 11) is 0. The molecule has 0 spiro atoms. The molecule has 190 valence electrons. The highest BCUT2D eigenvalue weighted by atomic mass is 15.0. The minimum Gasteiger partial charge on any atom is -0.249 e. The molecule has 2 aromatic carbocycles. The van der Waals surface area contributed by atoms with Crippen molar-refractivity contribution >= 4 is 22.8 Å². The van der Waals surface area contributed by atoms with Gasteiger partial charge < -0.3 is 0 Å². The Morgan fingerprint density at radius 2 is 0.889 bits per heavy atom. The first kappa shape index (κ1) is 27.4. The Morgan fingerprint density at radius 3 is 1.17 bits per heavy atom. The normalized spacial score (nSPS) is 12.3. The van der Waals surface area contributed by atoms with Crippen LogP contribution in [0.15, 0.2) is 40.6 Å². The third-order valence-electron chi connectivity index (χ3n) is 6.77. The highest BCUT2D eigenvalue weighted by Gasteiger charge is 2.13. The second-order valence-corrected chi connectivity index (χ2v) is 9.17. The molecule has 0 N–H and O–H groups in total. The zero-order valence-electron chi connectivity index (χ0n) is 23.4. The number of aryl methyl sites for hydroxylation is 6. The predicted octanol–water partition coefficient (Wildman–Crippen LogP) is 7.53. The molecular formula is C31H41N5. The second kappa shape index (κ2) is 12.7. The average molecular weight is 484 g/mol. The SMILES string of the molecule is CCc1cc(CC)c(N=C(C)c2ncnc(C(C)=Nc3c(CC)cc(CC)cc3CC)n2)c(CC)c1. The maximum atomic E-state index is 5.03. The van der Waals surface area contributed by atoms with Gasteiger partial charge >= 0.3 is 0 Å². The fourth-order valence-corrected chi connectivity index (χ4v) is 4.52. The molecule has 0 fully saturated rings. The van der Waals surface area contributed by atoms with E-state index in [1.807, 2.05) is 13.8 Å². The van der Waals surface area contributed by atoms with Crippen molar-refractivity contribution in [2.75, 3.05) is 0 Å². The molecule has 5 heteroatoms. The van der Waals surface area contributed by atoms with Gasteiger partial charge in [0, 0.05) is 0 Å². The number of hydrogen-bond acceptors (Lipinski definition) is 5. The third kappa shape index (κ3) is 6.13. The Balaban J connectivity index is 2.04. The van der Waals surface area contributed by atoms with Crippen molar-refractivity contribution in [3.8, 4) is 0 Å².